The van der Waals surface area contributed by atoms with E-state index in [0.717, 1.165) is 3.57 Å². The van der Waals surface area contributed by atoms with Crippen LogP contribution in [0.5, 0.6) is 0 Å². The second kappa shape index (κ2) is 6.21. The van der Waals surface area contributed by atoms with Crippen LogP contribution in [0.1, 0.15) is 27.2 Å². The first-order valence-electron chi connectivity index (χ1n) is 5.70. The Hall–Kier alpha value is -0.330. The highest BCUT2D eigenvalue weighted by Crippen LogP contribution is 2.25. The van der Waals surface area contributed by atoms with E-state index in [2.05, 4.69) is 27.9 Å². The Kier molecular flexibility index (Phi) is 5.43. The lowest BCUT2D eigenvalue weighted by molar-refractivity contribution is -0.117. The fraction of sp³-hybridized carbons (Fsp3) is 0.462. The molecule has 0 heterocycles. The van der Waals surface area contributed by atoms with Gasteiger partial charge in [0.15, 0.2) is 0 Å². The van der Waals surface area contributed by atoms with Gasteiger partial charge in [-0.3, -0.25) is 4.79 Å². The molecule has 100 valence electrons. The van der Waals surface area contributed by atoms with Gasteiger partial charge in [-0.25, -0.2) is 0 Å². The van der Waals surface area contributed by atoms with E-state index < -0.39 is 0 Å². The van der Waals surface area contributed by atoms with Crippen molar-refractivity contribution >= 4 is 45.8 Å². The molecule has 5 heteroatoms. The summed E-state index contributed by atoms with van der Waals surface area (Å²) in [5.74, 6) is -0.111. The summed E-state index contributed by atoms with van der Waals surface area (Å²) in [6.45, 7) is 6.05. The van der Waals surface area contributed by atoms with E-state index in [1.54, 1.807) is 12.1 Å². The summed E-state index contributed by atoms with van der Waals surface area (Å²) in [6.07, 6.45) is 0.284. The molecule has 0 aliphatic rings. The fourth-order valence-corrected chi connectivity index (χ4v) is 2.20. The number of carbonyl (C=O) groups excluding carboxylic acids is 1. The number of hydrogen-bond donors (Lipinski definition) is 2. The molecule has 0 fully saturated rings. The van der Waals surface area contributed by atoms with Gasteiger partial charge in [-0.1, -0.05) is 32.4 Å². The van der Waals surface area contributed by atoms with E-state index in [1.807, 2.05) is 26.8 Å². The van der Waals surface area contributed by atoms with E-state index >= 15 is 0 Å². The zero-order valence-corrected chi connectivity index (χ0v) is 13.7. The van der Waals surface area contributed by atoms with Crippen LogP contribution in [0.4, 0.5) is 5.69 Å². The van der Waals surface area contributed by atoms with Crippen molar-refractivity contribution in [2.24, 2.45) is 11.1 Å². The number of hydrogen-bond acceptors (Lipinski definition) is 2. The SMILES string of the molecule is CC(C)(C)C(N)CC(=O)Nc1ccc(I)cc1Cl. The van der Waals surface area contributed by atoms with Crippen molar-refractivity contribution in [1.82, 2.24) is 0 Å². The maximum atomic E-state index is 11.9. The smallest absolute Gasteiger partial charge is 0.225 e. The molecule has 1 amide bonds. The standard InChI is InChI=1S/C13H18ClIN2O/c1-13(2,3)11(16)7-12(18)17-10-5-4-8(15)6-9(10)14/h4-6,11H,7,16H2,1-3H3,(H,17,18). The summed E-state index contributed by atoms with van der Waals surface area (Å²) in [6, 6.07) is 5.32. The fourth-order valence-electron chi connectivity index (χ4n) is 1.30. The number of amides is 1. The van der Waals surface area contributed by atoms with Crippen LogP contribution in [-0.4, -0.2) is 11.9 Å². The number of carbonyl (C=O) groups is 1. The molecule has 0 saturated carbocycles. The van der Waals surface area contributed by atoms with Crippen molar-refractivity contribution in [1.29, 1.82) is 0 Å². The average molecular weight is 381 g/mol. The molecule has 0 aliphatic carbocycles. The van der Waals surface area contributed by atoms with Gasteiger partial charge in [0.25, 0.3) is 0 Å². The second-order valence-electron chi connectivity index (χ2n) is 5.35. The summed E-state index contributed by atoms with van der Waals surface area (Å²) in [7, 11) is 0. The molecule has 3 nitrogen and oxygen atoms in total. The Labute approximate surface area is 127 Å². The van der Waals surface area contributed by atoms with Crippen LogP contribution in [0.25, 0.3) is 0 Å². The van der Waals surface area contributed by atoms with E-state index in [9.17, 15) is 4.79 Å². The number of rotatable bonds is 3. The van der Waals surface area contributed by atoms with E-state index in [0.29, 0.717) is 10.7 Å². The Morgan fingerprint density at radius 3 is 2.61 bits per heavy atom. The molecule has 0 bridgehead atoms. The third-order valence-electron chi connectivity index (χ3n) is 2.72. The third-order valence-corrected chi connectivity index (χ3v) is 3.71. The second-order valence-corrected chi connectivity index (χ2v) is 7.00. The molecular weight excluding hydrogens is 363 g/mol. The summed E-state index contributed by atoms with van der Waals surface area (Å²) in [5.41, 5.74) is 6.51. The van der Waals surface area contributed by atoms with Crippen LogP contribution in [0.2, 0.25) is 5.02 Å². The quantitative estimate of drug-likeness (QED) is 0.787. The first kappa shape index (κ1) is 15.7. The molecule has 0 aromatic heterocycles. The minimum atomic E-state index is -0.180. The number of nitrogens with two attached hydrogens (primary N) is 1. The van der Waals surface area contributed by atoms with Gasteiger partial charge in [0, 0.05) is 16.0 Å². The summed E-state index contributed by atoms with van der Waals surface area (Å²) >= 11 is 8.22. The third kappa shape index (κ3) is 4.74. The molecule has 0 aliphatic heterocycles. The lowest BCUT2D eigenvalue weighted by Gasteiger charge is -2.26. The molecule has 18 heavy (non-hydrogen) atoms. The molecule has 3 N–H and O–H groups in total. The van der Waals surface area contributed by atoms with Crippen molar-refractivity contribution in [3.63, 3.8) is 0 Å². The number of nitrogens with one attached hydrogen (secondary N) is 1. The summed E-state index contributed by atoms with van der Waals surface area (Å²) < 4.78 is 1.03. The zero-order chi connectivity index (χ0) is 13.9. The lowest BCUT2D eigenvalue weighted by Crippen LogP contribution is -2.38. The Morgan fingerprint density at radius 2 is 2.11 bits per heavy atom. The summed E-state index contributed by atoms with van der Waals surface area (Å²) in [5, 5.41) is 3.33. The number of halogens is 2. The maximum absolute atomic E-state index is 11.9. The van der Waals surface area contributed by atoms with Crippen molar-refractivity contribution in [3.05, 3.63) is 26.8 Å². The van der Waals surface area contributed by atoms with Gasteiger partial charge < -0.3 is 11.1 Å². The van der Waals surface area contributed by atoms with Crippen LogP contribution in [0.3, 0.4) is 0 Å². The van der Waals surface area contributed by atoms with Crippen molar-refractivity contribution in [3.8, 4) is 0 Å². The summed E-state index contributed by atoms with van der Waals surface area (Å²) in [4.78, 5) is 11.9. The minimum Gasteiger partial charge on any atom is -0.327 e. The minimum absolute atomic E-state index is 0.0901. The van der Waals surface area contributed by atoms with Crippen LogP contribution in [-0.2, 0) is 4.79 Å². The van der Waals surface area contributed by atoms with E-state index in [4.69, 9.17) is 17.3 Å². The van der Waals surface area contributed by atoms with Crippen LogP contribution in [0, 0.1) is 8.99 Å². The molecule has 1 atom stereocenters. The molecule has 1 rings (SSSR count). The van der Waals surface area contributed by atoms with Gasteiger partial charge >= 0.3 is 0 Å². The van der Waals surface area contributed by atoms with Crippen molar-refractivity contribution in [2.75, 3.05) is 5.32 Å². The highest BCUT2D eigenvalue weighted by molar-refractivity contribution is 14.1. The van der Waals surface area contributed by atoms with Gasteiger partial charge in [0.2, 0.25) is 5.91 Å². The molecule has 1 unspecified atom stereocenters. The largest absolute Gasteiger partial charge is 0.327 e. The van der Waals surface area contributed by atoms with Crippen molar-refractivity contribution < 1.29 is 4.79 Å². The Morgan fingerprint density at radius 1 is 1.50 bits per heavy atom. The number of anilines is 1. The van der Waals surface area contributed by atoms with E-state index in [-0.39, 0.29) is 23.8 Å². The molecule has 1 aromatic rings. The average Bonchev–Trinajstić information content (AvgIpc) is 2.20. The Bertz CT molecular complexity index is 443. The van der Waals surface area contributed by atoms with E-state index in [1.165, 1.54) is 0 Å². The molecule has 0 radical (unpaired) electrons. The first-order chi connectivity index (χ1) is 8.20. The van der Waals surface area contributed by atoms with Crippen LogP contribution in [0.15, 0.2) is 18.2 Å². The normalized spacial score (nSPS) is 13.2. The van der Waals surface area contributed by atoms with Crippen LogP contribution < -0.4 is 11.1 Å². The van der Waals surface area contributed by atoms with Gasteiger partial charge in [0.05, 0.1) is 10.7 Å². The molecule has 0 spiro atoms. The monoisotopic (exact) mass is 380 g/mol. The Balaban J connectivity index is 2.65. The predicted molar refractivity (Wildman–Crippen MR) is 84.8 cm³/mol. The topological polar surface area (TPSA) is 55.1 Å². The molecule has 0 saturated heterocycles. The van der Waals surface area contributed by atoms with Gasteiger partial charge in [-0.2, -0.15) is 0 Å². The molecule has 1 aromatic carbocycles. The van der Waals surface area contributed by atoms with Gasteiger partial charge in [-0.05, 0) is 46.2 Å². The van der Waals surface area contributed by atoms with Crippen molar-refractivity contribution in [2.45, 2.75) is 33.2 Å². The lowest BCUT2D eigenvalue weighted by atomic mass is 9.85. The zero-order valence-electron chi connectivity index (χ0n) is 10.8. The van der Waals surface area contributed by atoms with Gasteiger partial charge in [-0.15, -0.1) is 0 Å². The van der Waals surface area contributed by atoms with Gasteiger partial charge in [0.1, 0.15) is 0 Å². The predicted octanol–water partition coefficient (Wildman–Crippen LogP) is 3.65. The maximum Gasteiger partial charge on any atom is 0.225 e. The highest BCUT2D eigenvalue weighted by Gasteiger charge is 2.23. The molecular formula is C13H18ClIN2O. The number of benzene rings is 1. The first-order valence-corrected chi connectivity index (χ1v) is 7.16. The highest BCUT2D eigenvalue weighted by atomic mass is 127. The van der Waals surface area contributed by atoms with Crippen LogP contribution >= 0.6 is 34.2 Å².